The average molecular weight is 279 g/mol. The molecule has 3 aliphatic rings. The highest BCUT2D eigenvalue weighted by molar-refractivity contribution is 5.85. The van der Waals surface area contributed by atoms with Crippen LogP contribution in [0.5, 0.6) is 0 Å². The van der Waals surface area contributed by atoms with E-state index in [4.69, 9.17) is 0 Å². The Labute approximate surface area is 120 Å². The molecule has 2 saturated carbocycles. The van der Waals surface area contributed by atoms with Crippen LogP contribution in [0.4, 0.5) is 0 Å². The van der Waals surface area contributed by atoms with E-state index in [9.17, 15) is 14.7 Å². The molecule has 0 aromatic rings. The fraction of sp³-hybridized carbons (Fsp3) is 0.875. The number of amides is 1. The minimum Gasteiger partial charge on any atom is -0.481 e. The lowest BCUT2D eigenvalue weighted by Crippen LogP contribution is -2.46. The SMILES string of the molecule is O=C(O)C1CCCC1C(=O)N1CCC2(CCCC2)CC1. The predicted octanol–water partition coefficient (Wildman–Crippen LogP) is 2.67. The zero-order chi connectivity index (χ0) is 14.2. The van der Waals surface area contributed by atoms with Gasteiger partial charge in [0.2, 0.25) is 5.91 Å². The van der Waals surface area contributed by atoms with Crippen molar-refractivity contribution >= 4 is 11.9 Å². The molecular weight excluding hydrogens is 254 g/mol. The van der Waals surface area contributed by atoms with Crippen LogP contribution in [-0.2, 0) is 9.59 Å². The van der Waals surface area contributed by atoms with Gasteiger partial charge in [-0.05, 0) is 43.9 Å². The number of carbonyl (C=O) groups is 2. The Hall–Kier alpha value is -1.06. The summed E-state index contributed by atoms with van der Waals surface area (Å²) in [5.74, 6) is -1.37. The topological polar surface area (TPSA) is 57.6 Å². The molecule has 1 spiro atoms. The number of hydrogen-bond donors (Lipinski definition) is 1. The first-order valence-corrected chi connectivity index (χ1v) is 8.13. The number of rotatable bonds is 2. The Bertz CT molecular complexity index is 391. The van der Waals surface area contributed by atoms with Gasteiger partial charge in [0.15, 0.2) is 0 Å². The summed E-state index contributed by atoms with van der Waals surface area (Å²) in [6, 6.07) is 0. The molecule has 4 nitrogen and oxygen atoms in total. The fourth-order valence-electron chi connectivity index (χ4n) is 4.61. The van der Waals surface area contributed by atoms with E-state index in [1.165, 1.54) is 25.7 Å². The van der Waals surface area contributed by atoms with E-state index in [1.807, 2.05) is 4.90 Å². The summed E-state index contributed by atoms with van der Waals surface area (Å²) in [5.41, 5.74) is 0.513. The maximum absolute atomic E-state index is 12.6. The van der Waals surface area contributed by atoms with Crippen molar-refractivity contribution in [3.8, 4) is 0 Å². The number of piperidine rings is 1. The fourth-order valence-corrected chi connectivity index (χ4v) is 4.61. The third-order valence-electron chi connectivity index (χ3n) is 5.95. The minimum atomic E-state index is -0.787. The lowest BCUT2D eigenvalue weighted by Gasteiger charge is -2.40. The summed E-state index contributed by atoms with van der Waals surface area (Å²) < 4.78 is 0. The van der Waals surface area contributed by atoms with Crippen LogP contribution in [0.2, 0.25) is 0 Å². The molecule has 0 aromatic carbocycles. The van der Waals surface area contributed by atoms with Crippen LogP contribution >= 0.6 is 0 Å². The van der Waals surface area contributed by atoms with Crippen molar-refractivity contribution in [1.29, 1.82) is 0 Å². The molecule has 1 amide bonds. The van der Waals surface area contributed by atoms with Gasteiger partial charge in [0.05, 0.1) is 11.8 Å². The van der Waals surface area contributed by atoms with E-state index in [2.05, 4.69) is 0 Å². The van der Waals surface area contributed by atoms with E-state index in [0.29, 0.717) is 11.8 Å². The quantitative estimate of drug-likeness (QED) is 0.845. The lowest BCUT2D eigenvalue weighted by atomic mass is 9.77. The van der Waals surface area contributed by atoms with Crippen molar-refractivity contribution in [3.63, 3.8) is 0 Å². The maximum Gasteiger partial charge on any atom is 0.307 e. The van der Waals surface area contributed by atoms with Crippen molar-refractivity contribution < 1.29 is 14.7 Å². The van der Waals surface area contributed by atoms with Gasteiger partial charge in [-0.3, -0.25) is 9.59 Å². The second kappa shape index (κ2) is 5.38. The highest BCUT2D eigenvalue weighted by Gasteiger charge is 2.43. The summed E-state index contributed by atoms with van der Waals surface area (Å²) in [4.78, 5) is 25.8. The van der Waals surface area contributed by atoms with Crippen molar-refractivity contribution in [3.05, 3.63) is 0 Å². The molecule has 2 atom stereocenters. The standard InChI is InChI=1S/C16H25NO3/c18-14(12-4-3-5-13(12)15(19)20)17-10-8-16(9-11-17)6-1-2-7-16/h12-13H,1-11H2,(H,19,20). The molecule has 1 heterocycles. The van der Waals surface area contributed by atoms with Gasteiger partial charge < -0.3 is 10.0 Å². The van der Waals surface area contributed by atoms with E-state index >= 15 is 0 Å². The van der Waals surface area contributed by atoms with Crippen molar-refractivity contribution in [1.82, 2.24) is 4.90 Å². The van der Waals surface area contributed by atoms with Gasteiger partial charge in [-0.25, -0.2) is 0 Å². The Morgan fingerprint density at radius 1 is 0.900 bits per heavy atom. The highest BCUT2D eigenvalue weighted by atomic mass is 16.4. The zero-order valence-electron chi connectivity index (χ0n) is 12.1. The van der Waals surface area contributed by atoms with E-state index in [-0.39, 0.29) is 11.8 Å². The second-order valence-electron chi connectivity index (χ2n) is 7.01. The molecule has 0 bridgehead atoms. The summed E-state index contributed by atoms with van der Waals surface area (Å²) in [6.07, 6.45) is 9.92. The first-order valence-electron chi connectivity index (χ1n) is 8.13. The number of carboxylic acids is 1. The van der Waals surface area contributed by atoms with E-state index in [0.717, 1.165) is 38.8 Å². The van der Waals surface area contributed by atoms with Gasteiger partial charge in [-0.1, -0.05) is 19.3 Å². The molecule has 2 aliphatic carbocycles. The monoisotopic (exact) mass is 279 g/mol. The smallest absolute Gasteiger partial charge is 0.307 e. The van der Waals surface area contributed by atoms with Gasteiger partial charge in [0.25, 0.3) is 0 Å². The van der Waals surface area contributed by atoms with Gasteiger partial charge >= 0.3 is 5.97 Å². The Balaban J connectivity index is 1.60. The van der Waals surface area contributed by atoms with E-state index in [1.54, 1.807) is 0 Å². The molecule has 112 valence electrons. The minimum absolute atomic E-state index is 0.114. The van der Waals surface area contributed by atoms with Crippen LogP contribution in [0, 0.1) is 17.3 Å². The van der Waals surface area contributed by atoms with Crippen LogP contribution in [0.15, 0.2) is 0 Å². The average Bonchev–Trinajstić information content (AvgIpc) is 3.08. The Kier molecular flexibility index (Phi) is 3.74. The summed E-state index contributed by atoms with van der Waals surface area (Å²) >= 11 is 0. The largest absolute Gasteiger partial charge is 0.481 e. The molecule has 2 unspecified atom stereocenters. The summed E-state index contributed by atoms with van der Waals surface area (Å²) in [7, 11) is 0. The summed E-state index contributed by atoms with van der Waals surface area (Å²) in [6.45, 7) is 1.70. The van der Waals surface area contributed by atoms with Crippen molar-refractivity contribution in [2.75, 3.05) is 13.1 Å². The van der Waals surface area contributed by atoms with Gasteiger partial charge in [0, 0.05) is 13.1 Å². The summed E-state index contributed by atoms with van der Waals surface area (Å²) in [5, 5.41) is 9.23. The maximum atomic E-state index is 12.6. The Morgan fingerprint density at radius 2 is 1.50 bits per heavy atom. The van der Waals surface area contributed by atoms with Crippen molar-refractivity contribution in [2.24, 2.45) is 17.3 Å². The number of carboxylic acid groups (broad SMARTS) is 1. The van der Waals surface area contributed by atoms with Crippen LogP contribution in [-0.4, -0.2) is 35.0 Å². The normalized spacial score (nSPS) is 32.7. The predicted molar refractivity (Wildman–Crippen MR) is 75.2 cm³/mol. The molecule has 1 aliphatic heterocycles. The molecule has 20 heavy (non-hydrogen) atoms. The lowest BCUT2D eigenvalue weighted by molar-refractivity contribution is -0.150. The van der Waals surface area contributed by atoms with Gasteiger partial charge in [-0.15, -0.1) is 0 Å². The molecule has 1 N–H and O–H groups in total. The Morgan fingerprint density at radius 3 is 2.10 bits per heavy atom. The molecule has 3 fully saturated rings. The third kappa shape index (κ3) is 2.45. The first-order chi connectivity index (χ1) is 9.61. The molecular formula is C16H25NO3. The number of carbonyl (C=O) groups excluding carboxylic acids is 1. The zero-order valence-corrected chi connectivity index (χ0v) is 12.1. The second-order valence-corrected chi connectivity index (χ2v) is 7.01. The van der Waals surface area contributed by atoms with Crippen LogP contribution in [0.1, 0.15) is 57.8 Å². The number of likely N-dealkylation sites (tertiary alicyclic amines) is 1. The van der Waals surface area contributed by atoms with E-state index < -0.39 is 11.9 Å². The molecule has 1 saturated heterocycles. The molecule has 0 radical (unpaired) electrons. The number of aliphatic carboxylic acids is 1. The van der Waals surface area contributed by atoms with Crippen LogP contribution in [0.25, 0.3) is 0 Å². The first kappa shape index (κ1) is 13.9. The number of hydrogen-bond acceptors (Lipinski definition) is 2. The van der Waals surface area contributed by atoms with Gasteiger partial charge in [-0.2, -0.15) is 0 Å². The molecule has 0 aromatic heterocycles. The van der Waals surface area contributed by atoms with Crippen LogP contribution < -0.4 is 0 Å². The van der Waals surface area contributed by atoms with Crippen LogP contribution in [0.3, 0.4) is 0 Å². The molecule has 3 rings (SSSR count). The highest BCUT2D eigenvalue weighted by Crippen LogP contribution is 2.46. The molecule has 4 heteroatoms. The van der Waals surface area contributed by atoms with Crippen molar-refractivity contribution in [2.45, 2.75) is 57.8 Å². The third-order valence-corrected chi connectivity index (χ3v) is 5.95. The van der Waals surface area contributed by atoms with Gasteiger partial charge in [0.1, 0.15) is 0 Å². The number of nitrogens with zero attached hydrogens (tertiary/aromatic N) is 1.